The van der Waals surface area contributed by atoms with Crippen LogP contribution in [0.4, 0.5) is 5.95 Å². The van der Waals surface area contributed by atoms with Crippen LogP contribution in [0.2, 0.25) is 0 Å². The fourth-order valence-electron chi connectivity index (χ4n) is 3.36. The summed E-state index contributed by atoms with van der Waals surface area (Å²) in [4.78, 5) is 14.5. The van der Waals surface area contributed by atoms with E-state index < -0.39 is 9.84 Å². The number of nitrogens with zero attached hydrogens (tertiary/aromatic N) is 5. The number of hydrogen-bond donors (Lipinski definition) is 1. The number of rotatable bonds is 8. The molecule has 2 aromatic heterocycles. The quantitative estimate of drug-likeness (QED) is 0.528. The number of carbonyl (C=O) groups is 1. The number of nitrogens with one attached hydrogen (secondary N) is 1. The number of benzene rings is 1. The largest absolute Gasteiger partial charge is 0.361 e. The summed E-state index contributed by atoms with van der Waals surface area (Å²) in [5, 5.41) is 15.6. The van der Waals surface area contributed by atoms with Crippen molar-refractivity contribution in [2.75, 3.05) is 18.2 Å². The van der Waals surface area contributed by atoms with Gasteiger partial charge in [-0.15, -0.1) is 10.2 Å². The second-order valence-corrected chi connectivity index (χ2v) is 11.1. The van der Waals surface area contributed by atoms with Crippen molar-refractivity contribution in [2.45, 2.75) is 57.6 Å². The maximum absolute atomic E-state index is 12.5. The molecule has 0 unspecified atom stereocenters. The molecule has 1 N–H and O–H groups in total. The SMILES string of the molecule is Cc1cc(CN(C)c2nnc(-c3cccc(S(C)(=O)=O)c3)n2CCC(=O)NC(C)(C)C)no1. The standard InChI is InChI=1S/C22H30N6O4S/c1-15-12-17(26-32-15)14-27(5)21-25-24-20(16-8-7-9-18(13-16)33(6,30)31)28(21)11-10-19(29)23-22(2,3)4/h7-9,12-13H,10-11,14H2,1-6H3,(H,23,29). The van der Waals surface area contributed by atoms with Crippen molar-refractivity contribution in [1.29, 1.82) is 0 Å². The summed E-state index contributed by atoms with van der Waals surface area (Å²) < 4.78 is 31.1. The summed E-state index contributed by atoms with van der Waals surface area (Å²) >= 11 is 0. The van der Waals surface area contributed by atoms with Gasteiger partial charge in [0.25, 0.3) is 0 Å². The molecule has 11 heteroatoms. The number of sulfone groups is 1. The highest BCUT2D eigenvalue weighted by Gasteiger charge is 2.21. The van der Waals surface area contributed by atoms with Crippen LogP contribution >= 0.6 is 0 Å². The monoisotopic (exact) mass is 474 g/mol. The van der Waals surface area contributed by atoms with Gasteiger partial charge in [-0.3, -0.25) is 9.36 Å². The average molecular weight is 475 g/mol. The van der Waals surface area contributed by atoms with Gasteiger partial charge in [0.2, 0.25) is 11.9 Å². The third-order valence-electron chi connectivity index (χ3n) is 4.75. The fraction of sp³-hybridized carbons (Fsp3) is 0.455. The van der Waals surface area contributed by atoms with E-state index in [-0.39, 0.29) is 22.8 Å². The van der Waals surface area contributed by atoms with Gasteiger partial charge in [0.15, 0.2) is 15.7 Å². The van der Waals surface area contributed by atoms with E-state index in [0.717, 1.165) is 11.9 Å². The lowest BCUT2D eigenvalue weighted by atomic mass is 10.1. The van der Waals surface area contributed by atoms with Crippen LogP contribution in [0.5, 0.6) is 0 Å². The minimum absolute atomic E-state index is 0.104. The molecule has 0 aliphatic heterocycles. The Morgan fingerprint density at radius 3 is 2.55 bits per heavy atom. The zero-order chi connectivity index (χ0) is 24.4. The van der Waals surface area contributed by atoms with Crippen LogP contribution in [-0.2, 0) is 27.7 Å². The molecule has 3 rings (SSSR count). The Balaban J connectivity index is 1.96. The van der Waals surface area contributed by atoms with E-state index >= 15 is 0 Å². The van der Waals surface area contributed by atoms with Gasteiger partial charge < -0.3 is 14.7 Å². The highest BCUT2D eigenvalue weighted by Crippen LogP contribution is 2.26. The first-order valence-electron chi connectivity index (χ1n) is 10.5. The molecule has 1 amide bonds. The zero-order valence-electron chi connectivity index (χ0n) is 19.8. The minimum Gasteiger partial charge on any atom is -0.361 e. The number of aromatic nitrogens is 4. The number of amides is 1. The molecule has 1 aromatic carbocycles. The molecule has 178 valence electrons. The van der Waals surface area contributed by atoms with Crippen LogP contribution in [-0.4, -0.2) is 53.1 Å². The van der Waals surface area contributed by atoms with Crippen molar-refractivity contribution < 1.29 is 17.7 Å². The molecule has 0 aliphatic carbocycles. The number of aryl methyl sites for hydroxylation is 1. The van der Waals surface area contributed by atoms with Gasteiger partial charge in [0.1, 0.15) is 11.5 Å². The van der Waals surface area contributed by atoms with Gasteiger partial charge >= 0.3 is 0 Å². The van der Waals surface area contributed by atoms with E-state index in [1.807, 2.05) is 50.3 Å². The Kier molecular flexibility index (Phi) is 6.92. The lowest BCUT2D eigenvalue weighted by Gasteiger charge is -2.22. The molecule has 10 nitrogen and oxygen atoms in total. The normalized spacial score (nSPS) is 12.1. The molecule has 0 saturated carbocycles. The summed E-state index contributed by atoms with van der Waals surface area (Å²) in [5.41, 5.74) is 0.982. The molecule has 0 bridgehead atoms. The summed E-state index contributed by atoms with van der Waals surface area (Å²) in [6.07, 6.45) is 1.37. The summed E-state index contributed by atoms with van der Waals surface area (Å²) in [6.45, 7) is 8.32. The first-order chi connectivity index (χ1) is 15.3. The molecular formula is C22H30N6O4S. The molecule has 2 heterocycles. The third kappa shape index (κ3) is 6.41. The van der Waals surface area contributed by atoms with E-state index in [2.05, 4.69) is 20.7 Å². The van der Waals surface area contributed by atoms with Gasteiger partial charge in [-0.05, 0) is 39.8 Å². The fourth-order valence-corrected chi connectivity index (χ4v) is 4.03. The van der Waals surface area contributed by atoms with E-state index in [1.165, 1.54) is 6.07 Å². The zero-order valence-corrected chi connectivity index (χ0v) is 20.6. The molecular weight excluding hydrogens is 444 g/mol. The first kappa shape index (κ1) is 24.4. The minimum atomic E-state index is -3.39. The Hall–Kier alpha value is -3.21. The molecule has 0 spiro atoms. The topological polar surface area (TPSA) is 123 Å². The van der Waals surface area contributed by atoms with E-state index in [9.17, 15) is 13.2 Å². The maximum atomic E-state index is 12.5. The number of anilines is 1. The summed E-state index contributed by atoms with van der Waals surface area (Å²) in [7, 11) is -1.55. The van der Waals surface area contributed by atoms with Gasteiger partial charge in [-0.1, -0.05) is 17.3 Å². The van der Waals surface area contributed by atoms with Crippen molar-refractivity contribution in [3.05, 3.63) is 41.8 Å². The molecule has 0 fully saturated rings. The highest BCUT2D eigenvalue weighted by molar-refractivity contribution is 7.90. The van der Waals surface area contributed by atoms with Crippen LogP contribution < -0.4 is 10.2 Å². The number of hydrogen-bond acceptors (Lipinski definition) is 8. The molecule has 33 heavy (non-hydrogen) atoms. The third-order valence-corrected chi connectivity index (χ3v) is 5.86. The van der Waals surface area contributed by atoms with Crippen LogP contribution in [0.15, 0.2) is 39.8 Å². The predicted molar refractivity (Wildman–Crippen MR) is 124 cm³/mol. The lowest BCUT2D eigenvalue weighted by Crippen LogP contribution is -2.40. The van der Waals surface area contributed by atoms with Crippen molar-refractivity contribution in [3.63, 3.8) is 0 Å². The summed E-state index contributed by atoms with van der Waals surface area (Å²) in [5.74, 6) is 1.60. The van der Waals surface area contributed by atoms with E-state index in [4.69, 9.17) is 4.52 Å². The molecule has 0 aliphatic rings. The van der Waals surface area contributed by atoms with E-state index in [1.54, 1.807) is 18.2 Å². The Morgan fingerprint density at radius 1 is 1.21 bits per heavy atom. The van der Waals surface area contributed by atoms with Crippen LogP contribution in [0, 0.1) is 6.92 Å². The van der Waals surface area contributed by atoms with Crippen molar-refractivity contribution in [3.8, 4) is 11.4 Å². The van der Waals surface area contributed by atoms with Crippen LogP contribution in [0.25, 0.3) is 11.4 Å². The molecule has 0 radical (unpaired) electrons. The Morgan fingerprint density at radius 2 is 1.94 bits per heavy atom. The van der Waals surface area contributed by atoms with Crippen LogP contribution in [0.3, 0.4) is 0 Å². The Labute approximate surface area is 193 Å². The van der Waals surface area contributed by atoms with Crippen molar-refractivity contribution >= 4 is 21.7 Å². The first-order valence-corrected chi connectivity index (χ1v) is 12.4. The number of carbonyl (C=O) groups excluding carboxylic acids is 1. The molecule has 0 atom stereocenters. The van der Waals surface area contributed by atoms with Gasteiger partial charge in [-0.2, -0.15) is 0 Å². The smallest absolute Gasteiger partial charge is 0.227 e. The molecule has 0 saturated heterocycles. The Bertz CT molecular complexity index is 1240. The van der Waals surface area contributed by atoms with Crippen LogP contribution in [0.1, 0.15) is 38.6 Å². The predicted octanol–water partition coefficient (Wildman–Crippen LogP) is 2.59. The molecule has 3 aromatic rings. The summed E-state index contributed by atoms with van der Waals surface area (Å²) in [6, 6.07) is 8.38. The van der Waals surface area contributed by atoms with E-state index in [0.29, 0.717) is 36.2 Å². The van der Waals surface area contributed by atoms with Crippen molar-refractivity contribution in [1.82, 2.24) is 25.2 Å². The van der Waals surface area contributed by atoms with Gasteiger partial charge in [0.05, 0.1) is 11.4 Å². The maximum Gasteiger partial charge on any atom is 0.227 e. The average Bonchev–Trinajstić information content (AvgIpc) is 3.30. The van der Waals surface area contributed by atoms with Crippen molar-refractivity contribution in [2.24, 2.45) is 0 Å². The second-order valence-electron chi connectivity index (χ2n) is 9.11. The highest BCUT2D eigenvalue weighted by atomic mass is 32.2. The van der Waals surface area contributed by atoms with Gasteiger partial charge in [-0.25, -0.2) is 8.42 Å². The van der Waals surface area contributed by atoms with Gasteiger partial charge in [0, 0.05) is 43.4 Å². The second kappa shape index (κ2) is 9.34. The lowest BCUT2D eigenvalue weighted by molar-refractivity contribution is -0.122.